The molecule has 0 aromatic rings. The van der Waals surface area contributed by atoms with E-state index in [1.54, 1.807) is 0 Å². The molecular weight excluding hydrogens is 728 g/mol. The van der Waals surface area contributed by atoms with Crippen LogP contribution in [0.5, 0.6) is 0 Å². The summed E-state index contributed by atoms with van der Waals surface area (Å²) in [6.07, 6.45) is 60.7. The van der Waals surface area contributed by atoms with Crippen molar-refractivity contribution in [2.24, 2.45) is 0 Å². The Kier molecular flexibility index (Phi) is 50.2. The van der Waals surface area contributed by atoms with E-state index in [2.05, 4.69) is 41.5 Å². The highest BCUT2D eigenvalue weighted by Gasteiger charge is 2.27. The van der Waals surface area contributed by atoms with E-state index in [4.69, 9.17) is 13.6 Å². The van der Waals surface area contributed by atoms with E-state index in [0.29, 0.717) is 0 Å². The highest BCUT2D eigenvalue weighted by atomic mass is 31.2. The lowest BCUT2D eigenvalue weighted by Gasteiger charge is -2.30. The molecule has 58 heavy (non-hydrogen) atoms. The first-order valence-corrected chi connectivity index (χ1v) is 28.5. The summed E-state index contributed by atoms with van der Waals surface area (Å²) in [6, 6.07) is 0. The molecule has 0 radical (unpaired) electrons. The lowest BCUT2D eigenvalue weighted by molar-refractivity contribution is 0.0467. The molecule has 0 aliphatic carbocycles. The maximum absolute atomic E-state index is 7.27. The van der Waals surface area contributed by atoms with Gasteiger partial charge in [-0.15, -0.1) is 0 Å². The van der Waals surface area contributed by atoms with Gasteiger partial charge in [0.1, 0.15) is 0 Å². The van der Waals surface area contributed by atoms with Crippen LogP contribution in [0.4, 0.5) is 0 Å². The average Bonchev–Trinajstić information content (AvgIpc) is 3.23. The van der Waals surface area contributed by atoms with E-state index in [1.165, 1.54) is 289 Å². The van der Waals surface area contributed by atoms with Crippen LogP contribution in [-0.2, 0) is 13.6 Å². The zero-order valence-corrected chi connectivity index (χ0v) is 42.1. The number of unbranched alkanes of at least 4 members (excludes halogenated alkanes) is 33. The molecule has 0 aliphatic heterocycles. The molecule has 0 fully saturated rings. The first kappa shape index (κ1) is 58.3. The topological polar surface area (TPSA) is 27.7 Å². The normalized spacial score (nSPS) is 14.0. The molecule has 0 amide bonds. The zero-order chi connectivity index (χ0) is 42.3. The first-order valence-electron chi connectivity index (χ1n) is 27.4. The minimum absolute atomic E-state index is 0.273. The van der Waals surface area contributed by atoms with Gasteiger partial charge in [0.25, 0.3) is 0 Å². The smallest absolute Gasteiger partial charge is 0.309 e. The third-order valence-corrected chi connectivity index (χ3v) is 14.1. The molecule has 0 saturated heterocycles. The van der Waals surface area contributed by atoms with Crippen molar-refractivity contribution in [3.05, 3.63) is 0 Å². The molecule has 0 heterocycles. The highest BCUT2D eigenvalue weighted by Crippen LogP contribution is 2.48. The maximum atomic E-state index is 7.27. The van der Waals surface area contributed by atoms with Crippen molar-refractivity contribution in [2.45, 2.75) is 349 Å². The number of hydrogen-bond acceptors (Lipinski definition) is 3. The second-order valence-electron chi connectivity index (χ2n) is 18.8. The molecule has 0 saturated carbocycles. The Morgan fingerprint density at radius 1 is 0.207 bits per heavy atom. The summed E-state index contributed by atoms with van der Waals surface area (Å²) in [7, 11) is -1.37. The van der Waals surface area contributed by atoms with Crippen molar-refractivity contribution in [1.29, 1.82) is 0 Å². The Morgan fingerprint density at radius 3 is 0.500 bits per heavy atom. The summed E-state index contributed by atoms with van der Waals surface area (Å²) >= 11 is 0. The Labute approximate surface area is 369 Å². The monoisotopic (exact) mass is 839 g/mol. The lowest BCUT2D eigenvalue weighted by atomic mass is 10.0. The molecule has 0 N–H and O–H groups in total. The van der Waals surface area contributed by atoms with Gasteiger partial charge in [-0.2, -0.15) is 0 Å². The minimum Gasteiger partial charge on any atom is -0.309 e. The molecule has 3 nitrogen and oxygen atoms in total. The van der Waals surface area contributed by atoms with Crippen molar-refractivity contribution in [3.8, 4) is 0 Å². The van der Waals surface area contributed by atoms with Gasteiger partial charge in [0.05, 0.1) is 18.3 Å². The Bertz CT molecular complexity index is 638. The predicted octanol–water partition coefficient (Wildman–Crippen LogP) is 21.0. The van der Waals surface area contributed by atoms with E-state index >= 15 is 0 Å². The molecular formula is C54H111O3P. The standard InChI is InChI=1S/C54H111O3P/c1-7-13-19-25-31-37-43-49-52(46-40-34-28-22-16-10-4)55-58(56-53(47-41-35-29-23-17-11-5)50-44-38-32-26-20-14-8-2)57-54(48-42-36-30-24-18-12-6)51-45-39-33-27-21-15-9-3/h52-54H,7-51H2,1-6H3. The molecule has 350 valence electrons. The SMILES string of the molecule is CCCCCCCCCC(CCCCCCCC)OP(OC(CCCCCCCC)CCCCCCCCC)OC(CCCCCCCC)CCCCCCCCC. The molecule has 0 aromatic heterocycles. The van der Waals surface area contributed by atoms with Gasteiger partial charge in [-0.3, -0.25) is 0 Å². The van der Waals surface area contributed by atoms with Gasteiger partial charge in [0.2, 0.25) is 0 Å². The second-order valence-corrected chi connectivity index (χ2v) is 19.9. The first-order chi connectivity index (χ1) is 28.6. The van der Waals surface area contributed by atoms with Crippen LogP contribution in [0.3, 0.4) is 0 Å². The van der Waals surface area contributed by atoms with Crippen LogP contribution in [0.25, 0.3) is 0 Å². The Hall–Kier alpha value is 0.310. The zero-order valence-electron chi connectivity index (χ0n) is 41.2. The summed E-state index contributed by atoms with van der Waals surface area (Å²) in [5.74, 6) is 0. The molecule has 0 rings (SSSR count). The van der Waals surface area contributed by atoms with Gasteiger partial charge in [-0.25, -0.2) is 0 Å². The fourth-order valence-electron chi connectivity index (χ4n) is 8.63. The van der Waals surface area contributed by atoms with Crippen molar-refractivity contribution >= 4 is 8.60 Å². The van der Waals surface area contributed by atoms with Crippen LogP contribution in [0.1, 0.15) is 330 Å². The Morgan fingerprint density at radius 2 is 0.345 bits per heavy atom. The van der Waals surface area contributed by atoms with Crippen LogP contribution in [0, 0.1) is 0 Å². The quantitative estimate of drug-likeness (QED) is 0.0451. The molecule has 0 aliphatic rings. The van der Waals surface area contributed by atoms with Crippen LogP contribution < -0.4 is 0 Å². The lowest BCUT2D eigenvalue weighted by Crippen LogP contribution is -2.20. The van der Waals surface area contributed by atoms with Gasteiger partial charge in [0, 0.05) is 0 Å². The van der Waals surface area contributed by atoms with Gasteiger partial charge in [-0.05, 0) is 38.5 Å². The maximum Gasteiger partial charge on any atom is 0.333 e. The largest absolute Gasteiger partial charge is 0.333 e. The molecule has 3 unspecified atom stereocenters. The Balaban J connectivity index is 6.05. The van der Waals surface area contributed by atoms with Crippen LogP contribution in [0.15, 0.2) is 0 Å². The predicted molar refractivity (Wildman–Crippen MR) is 263 cm³/mol. The van der Waals surface area contributed by atoms with Crippen LogP contribution in [0.2, 0.25) is 0 Å². The summed E-state index contributed by atoms with van der Waals surface area (Å²) in [4.78, 5) is 0. The van der Waals surface area contributed by atoms with Crippen molar-refractivity contribution in [2.75, 3.05) is 0 Å². The fraction of sp³-hybridized carbons (Fsp3) is 1.00. The molecule has 0 spiro atoms. The average molecular weight is 839 g/mol. The van der Waals surface area contributed by atoms with Gasteiger partial charge >= 0.3 is 8.60 Å². The van der Waals surface area contributed by atoms with Crippen molar-refractivity contribution < 1.29 is 13.6 Å². The second kappa shape index (κ2) is 50.0. The van der Waals surface area contributed by atoms with E-state index in [0.717, 1.165) is 0 Å². The third-order valence-electron chi connectivity index (χ3n) is 12.7. The molecule has 0 aromatic carbocycles. The third kappa shape index (κ3) is 43.0. The summed E-state index contributed by atoms with van der Waals surface area (Å²) in [5, 5.41) is 0. The summed E-state index contributed by atoms with van der Waals surface area (Å²) < 4.78 is 21.8. The van der Waals surface area contributed by atoms with E-state index in [-0.39, 0.29) is 18.3 Å². The number of hydrogen-bond donors (Lipinski definition) is 0. The molecule has 4 heteroatoms. The summed E-state index contributed by atoms with van der Waals surface area (Å²) in [6.45, 7) is 14.0. The van der Waals surface area contributed by atoms with Gasteiger partial charge in [-0.1, -0.05) is 292 Å². The van der Waals surface area contributed by atoms with Crippen molar-refractivity contribution in [3.63, 3.8) is 0 Å². The van der Waals surface area contributed by atoms with Gasteiger partial charge in [0.15, 0.2) is 0 Å². The van der Waals surface area contributed by atoms with Crippen LogP contribution >= 0.6 is 8.60 Å². The van der Waals surface area contributed by atoms with Gasteiger partial charge < -0.3 is 13.6 Å². The van der Waals surface area contributed by atoms with Crippen LogP contribution in [-0.4, -0.2) is 18.3 Å². The highest BCUT2D eigenvalue weighted by molar-refractivity contribution is 7.41. The fourth-order valence-corrected chi connectivity index (χ4v) is 10.1. The summed E-state index contributed by atoms with van der Waals surface area (Å²) in [5.41, 5.74) is 0. The van der Waals surface area contributed by atoms with Crippen molar-refractivity contribution in [1.82, 2.24) is 0 Å². The van der Waals surface area contributed by atoms with E-state index < -0.39 is 8.60 Å². The van der Waals surface area contributed by atoms with E-state index in [9.17, 15) is 0 Å². The molecule has 0 bridgehead atoms. The number of rotatable bonds is 51. The van der Waals surface area contributed by atoms with E-state index in [1.807, 2.05) is 0 Å². The minimum atomic E-state index is -1.37. The molecule has 3 atom stereocenters.